The number of ether oxygens (including phenoxy) is 2. The predicted octanol–water partition coefficient (Wildman–Crippen LogP) is 2.62. The third-order valence-electron chi connectivity index (χ3n) is 4.78. The van der Waals surface area contributed by atoms with Gasteiger partial charge in [-0.2, -0.15) is 0 Å². The zero-order valence-corrected chi connectivity index (χ0v) is 12.8. The van der Waals surface area contributed by atoms with E-state index in [4.69, 9.17) is 9.47 Å². The summed E-state index contributed by atoms with van der Waals surface area (Å²) in [4.78, 5) is 14.4. The van der Waals surface area contributed by atoms with Gasteiger partial charge in [-0.05, 0) is 49.4 Å². The van der Waals surface area contributed by atoms with Crippen LogP contribution in [-0.4, -0.2) is 43.2 Å². The predicted molar refractivity (Wildman–Crippen MR) is 80.2 cm³/mol. The Hall–Kier alpha value is -1.62. The normalized spacial score (nSPS) is 26.5. The summed E-state index contributed by atoms with van der Waals surface area (Å²) in [6.07, 6.45) is 3.76. The first-order valence-electron chi connectivity index (χ1n) is 7.87. The first-order valence-corrected chi connectivity index (χ1v) is 7.87. The van der Waals surface area contributed by atoms with Gasteiger partial charge in [0.1, 0.15) is 18.2 Å². The quantitative estimate of drug-likeness (QED) is 0.811. The van der Waals surface area contributed by atoms with E-state index in [0.717, 1.165) is 19.3 Å². The molecule has 0 unspecified atom stereocenters. The van der Waals surface area contributed by atoms with Crippen LogP contribution in [0, 0.1) is 11.7 Å². The maximum absolute atomic E-state index is 12.9. The number of fused-ring (bicyclic) bond motifs is 2. The lowest BCUT2D eigenvalue weighted by Gasteiger charge is -2.35. The number of halogens is 1. The lowest BCUT2D eigenvalue weighted by molar-refractivity contribution is -0.137. The number of likely N-dealkylation sites (tertiary alicyclic amines) is 1. The second kappa shape index (κ2) is 6.65. The van der Waals surface area contributed by atoms with Crippen LogP contribution in [-0.2, 0) is 9.53 Å². The van der Waals surface area contributed by atoms with Crippen LogP contribution in [0.4, 0.5) is 4.39 Å². The highest BCUT2D eigenvalue weighted by Gasteiger charge is 2.47. The standard InChI is InChI=1S/C17H22FNO3/c1-21-9-8-17(20)19-14-5-2-12(10-14)16(19)11-22-15-6-3-13(18)4-7-15/h3-4,6-7,12,14,16H,2,5,8-11H2,1H3/t12-,14-,16-/m0/s1. The van der Waals surface area contributed by atoms with E-state index in [2.05, 4.69) is 0 Å². The molecule has 0 aromatic heterocycles. The smallest absolute Gasteiger partial charge is 0.225 e. The van der Waals surface area contributed by atoms with Crippen LogP contribution in [0.15, 0.2) is 24.3 Å². The van der Waals surface area contributed by atoms with Gasteiger partial charge in [0, 0.05) is 13.2 Å². The van der Waals surface area contributed by atoms with Crippen LogP contribution in [0.5, 0.6) is 5.75 Å². The Morgan fingerprint density at radius 2 is 2.09 bits per heavy atom. The monoisotopic (exact) mass is 307 g/mol. The first kappa shape index (κ1) is 15.3. The summed E-state index contributed by atoms with van der Waals surface area (Å²) < 4.78 is 23.7. The van der Waals surface area contributed by atoms with Gasteiger partial charge in [-0.25, -0.2) is 4.39 Å². The molecule has 120 valence electrons. The van der Waals surface area contributed by atoms with Crippen LogP contribution in [0.3, 0.4) is 0 Å². The second-order valence-electron chi connectivity index (χ2n) is 6.10. The van der Waals surface area contributed by atoms with Gasteiger partial charge in [0.05, 0.1) is 19.1 Å². The van der Waals surface area contributed by atoms with Gasteiger partial charge in [-0.3, -0.25) is 4.79 Å². The molecule has 1 saturated heterocycles. The molecule has 1 aliphatic carbocycles. The summed E-state index contributed by atoms with van der Waals surface area (Å²) in [7, 11) is 1.61. The SMILES string of the molecule is COCCC(=O)N1[C@H]2CC[C@@H](C2)[C@@H]1COc1ccc(F)cc1. The van der Waals surface area contributed by atoms with E-state index in [1.165, 1.54) is 12.1 Å². The summed E-state index contributed by atoms with van der Waals surface area (Å²) in [6.45, 7) is 0.934. The Bertz CT molecular complexity index is 519. The van der Waals surface area contributed by atoms with E-state index in [1.807, 2.05) is 4.90 Å². The molecule has 1 amide bonds. The molecule has 0 spiro atoms. The molecule has 1 aromatic carbocycles. The van der Waals surface area contributed by atoms with Gasteiger partial charge in [-0.15, -0.1) is 0 Å². The number of benzene rings is 1. The molecule has 1 aromatic rings. The van der Waals surface area contributed by atoms with Crippen LogP contribution >= 0.6 is 0 Å². The van der Waals surface area contributed by atoms with Crippen molar-refractivity contribution in [3.63, 3.8) is 0 Å². The van der Waals surface area contributed by atoms with Crippen molar-refractivity contribution in [1.29, 1.82) is 0 Å². The minimum absolute atomic E-state index is 0.133. The fraction of sp³-hybridized carbons (Fsp3) is 0.588. The van der Waals surface area contributed by atoms with Crippen LogP contribution in [0.25, 0.3) is 0 Å². The molecule has 5 heteroatoms. The molecular formula is C17H22FNO3. The molecular weight excluding hydrogens is 285 g/mol. The lowest BCUT2D eigenvalue weighted by atomic mass is 9.99. The van der Waals surface area contributed by atoms with E-state index in [1.54, 1.807) is 19.2 Å². The summed E-state index contributed by atoms with van der Waals surface area (Å²) in [5, 5.41) is 0. The molecule has 2 bridgehead atoms. The van der Waals surface area contributed by atoms with Crippen molar-refractivity contribution in [2.45, 2.75) is 37.8 Å². The van der Waals surface area contributed by atoms with Gasteiger partial charge >= 0.3 is 0 Å². The fourth-order valence-electron chi connectivity index (χ4n) is 3.73. The Labute approximate surface area is 130 Å². The molecule has 0 N–H and O–H groups in total. The van der Waals surface area contributed by atoms with E-state index < -0.39 is 0 Å². The average molecular weight is 307 g/mol. The highest BCUT2D eigenvalue weighted by molar-refractivity contribution is 5.77. The summed E-state index contributed by atoms with van der Waals surface area (Å²) >= 11 is 0. The molecule has 22 heavy (non-hydrogen) atoms. The zero-order chi connectivity index (χ0) is 15.5. The van der Waals surface area contributed by atoms with Gasteiger partial charge in [-0.1, -0.05) is 0 Å². The second-order valence-corrected chi connectivity index (χ2v) is 6.10. The number of amides is 1. The molecule has 3 atom stereocenters. The van der Waals surface area contributed by atoms with Crippen LogP contribution in [0.2, 0.25) is 0 Å². The zero-order valence-electron chi connectivity index (χ0n) is 12.8. The number of rotatable bonds is 6. The number of carbonyl (C=O) groups excluding carboxylic acids is 1. The number of nitrogens with zero attached hydrogens (tertiary/aromatic N) is 1. The van der Waals surface area contributed by atoms with E-state index in [9.17, 15) is 9.18 Å². The van der Waals surface area contributed by atoms with E-state index in [-0.39, 0.29) is 17.8 Å². The fourth-order valence-corrected chi connectivity index (χ4v) is 3.73. The summed E-state index contributed by atoms with van der Waals surface area (Å²) in [6, 6.07) is 6.51. The van der Waals surface area contributed by atoms with Crippen molar-refractivity contribution in [3.05, 3.63) is 30.1 Å². The average Bonchev–Trinajstić information content (AvgIpc) is 3.13. The van der Waals surface area contributed by atoms with Gasteiger partial charge in [0.2, 0.25) is 5.91 Å². The van der Waals surface area contributed by atoms with Gasteiger partial charge < -0.3 is 14.4 Å². The first-order chi connectivity index (χ1) is 10.7. The molecule has 2 fully saturated rings. The van der Waals surface area contributed by atoms with Crippen molar-refractivity contribution in [2.24, 2.45) is 5.92 Å². The van der Waals surface area contributed by atoms with E-state index in [0.29, 0.717) is 37.3 Å². The summed E-state index contributed by atoms with van der Waals surface area (Å²) in [5.74, 6) is 1.05. The number of carbonyl (C=O) groups is 1. The van der Waals surface area contributed by atoms with Gasteiger partial charge in [0.15, 0.2) is 0 Å². The highest BCUT2D eigenvalue weighted by atomic mass is 19.1. The molecule has 2 aliphatic rings. The molecule has 4 nitrogen and oxygen atoms in total. The number of hydrogen-bond acceptors (Lipinski definition) is 3. The third kappa shape index (κ3) is 3.09. The van der Waals surface area contributed by atoms with Gasteiger partial charge in [0.25, 0.3) is 0 Å². The lowest BCUT2D eigenvalue weighted by Crippen LogP contribution is -2.48. The minimum atomic E-state index is -0.274. The van der Waals surface area contributed by atoms with Crippen molar-refractivity contribution in [1.82, 2.24) is 4.90 Å². The van der Waals surface area contributed by atoms with E-state index >= 15 is 0 Å². The van der Waals surface area contributed by atoms with Crippen molar-refractivity contribution in [3.8, 4) is 5.75 Å². The summed E-state index contributed by atoms with van der Waals surface area (Å²) in [5.41, 5.74) is 0. The third-order valence-corrected chi connectivity index (χ3v) is 4.78. The Kier molecular flexibility index (Phi) is 4.62. The topological polar surface area (TPSA) is 38.8 Å². The number of piperidine rings is 1. The van der Waals surface area contributed by atoms with Crippen molar-refractivity contribution < 1.29 is 18.7 Å². The molecule has 3 rings (SSSR count). The maximum atomic E-state index is 12.9. The maximum Gasteiger partial charge on any atom is 0.225 e. The highest BCUT2D eigenvalue weighted by Crippen LogP contribution is 2.42. The molecule has 1 saturated carbocycles. The van der Waals surface area contributed by atoms with Crippen molar-refractivity contribution >= 4 is 5.91 Å². The minimum Gasteiger partial charge on any atom is -0.491 e. The van der Waals surface area contributed by atoms with Crippen LogP contribution in [0.1, 0.15) is 25.7 Å². The molecule has 1 aliphatic heterocycles. The Balaban J connectivity index is 1.62. The molecule has 1 heterocycles. The number of methoxy groups -OCH3 is 1. The largest absolute Gasteiger partial charge is 0.491 e. The Morgan fingerprint density at radius 1 is 1.32 bits per heavy atom. The van der Waals surface area contributed by atoms with Crippen LogP contribution < -0.4 is 4.74 Å². The molecule has 0 radical (unpaired) electrons. The number of hydrogen-bond donors (Lipinski definition) is 0. The van der Waals surface area contributed by atoms with Crippen molar-refractivity contribution in [2.75, 3.05) is 20.3 Å². The Morgan fingerprint density at radius 3 is 2.82 bits per heavy atom.